The zero-order chi connectivity index (χ0) is 15.3. The average molecular weight is 307 g/mol. The van der Waals surface area contributed by atoms with E-state index in [1.165, 1.54) is 18.4 Å². The number of hydrogen-bond donors (Lipinski definition) is 1. The number of rotatable bonds is 6. The van der Waals surface area contributed by atoms with E-state index in [4.69, 9.17) is 0 Å². The van der Waals surface area contributed by atoms with Crippen LogP contribution in [0.5, 0.6) is 0 Å². The Balaban J connectivity index is 3.14. The van der Waals surface area contributed by atoms with Crippen LogP contribution in [0, 0.1) is 0 Å². The number of Topliss-reactive ketones (excluding diaryl/α,β-unsaturated/α-hetero) is 1. The first-order valence-electron chi connectivity index (χ1n) is 5.46. The molecule has 0 radical (unpaired) electrons. The third-order valence-corrected chi connectivity index (χ3v) is 3.01. The van der Waals surface area contributed by atoms with E-state index in [1.54, 1.807) is 0 Å². The van der Waals surface area contributed by atoms with Crippen molar-refractivity contribution in [3.63, 3.8) is 0 Å². The lowest BCUT2D eigenvalue weighted by atomic mass is 10.0. The van der Waals surface area contributed by atoms with Gasteiger partial charge in [0.15, 0.2) is 5.78 Å². The lowest BCUT2D eigenvalue weighted by Gasteiger charge is -2.11. The number of carbonyl (C=O) groups excluding carboxylic acids is 2. The Morgan fingerprint density at radius 3 is 2.55 bits per heavy atom. The van der Waals surface area contributed by atoms with Crippen LogP contribution >= 0.6 is 0 Å². The van der Waals surface area contributed by atoms with Gasteiger partial charge in [0, 0.05) is 22.6 Å². The molecule has 0 aliphatic rings. The predicted octanol–water partition coefficient (Wildman–Crippen LogP) is 1.92. The fourth-order valence-electron chi connectivity index (χ4n) is 1.62. The molecular weight excluding hydrogens is 295 g/mol. The van der Waals surface area contributed by atoms with Crippen LogP contribution in [0.4, 0.5) is 18.9 Å². The molecule has 0 bridgehead atoms. The van der Waals surface area contributed by atoms with Crippen LogP contribution in [-0.4, -0.2) is 34.6 Å². The average Bonchev–Trinajstić information content (AvgIpc) is 2.28. The fourth-order valence-corrected chi connectivity index (χ4v) is 2.14. The van der Waals surface area contributed by atoms with Gasteiger partial charge in [-0.1, -0.05) is 6.07 Å². The fraction of sp³-hybridized carbons (Fsp3) is 0.333. The number of alkyl halides is 3. The molecule has 1 aromatic carbocycles. The first-order chi connectivity index (χ1) is 9.23. The van der Waals surface area contributed by atoms with E-state index >= 15 is 0 Å². The Labute approximate surface area is 115 Å². The summed E-state index contributed by atoms with van der Waals surface area (Å²) >= 11 is 0. The van der Waals surface area contributed by atoms with Crippen LogP contribution in [0.3, 0.4) is 0 Å². The van der Waals surface area contributed by atoms with Gasteiger partial charge in [0.25, 0.3) is 0 Å². The third-order valence-electron chi connectivity index (χ3n) is 2.34. The Morgan fingerprint density at radius 1 is 1.40 bits per heavy atom. The predicted molar refractivity (Wildman–Crippen MR) is 69.2 cm³/mol. The van der Waals surface area contributed by atoms with E-state index in [0.29, 0.717) is 6.41 Å². The summed E-state index contributed by atoms with van der Waals surface area (Å²) in [5.41, 5.74) is -0.0744. The molecule has 4 nitrogen and oxygen atoms in total. The van der Waals surface area contributed by atoms with Gasteiger partial charge >= 0.3 is 6.18 Å². The third kappa shape index (κ3) is 5.12. The highest BCUT2D eigenvalue weighted by molar-refractivity contribution is 7.85. The van der Waals surface area contributed by atoms with Crippen molar-refractivity contribution in [2.24, 2.45) is 0 Å². The maximum atomic E-state index is 12.3. The van der Waals surface area contributed by atoms with Gasteiger partial charge in [0.2, 0.25) is 6.41 Å². The number of halogens is 3. The van der Waals surface area contributed by atoms with Crippen molar-refractivity contribution in [1.82, 2.24) is 0 Å². The molecule has 1 aromatic rings. The number of hydrogen-bond acceptors (Lipinski definition) is 3. The summed E-state index contributed by atoms with van der Waals surface area (Å²) in [5, 5.41) is 2.24. The highest BCUT2D eigenvalue weighted by Gasteiger charge is 2.28. The minimum absolute atomic E-state index is 0.0750. The van der Waals surface area contributed by atoms with Crippen LogP contribution < -0.4 is 5.32 Å². The Kier molecular flexibility index (Phi) is 5.43. The van der Waals surface area contributed by atoms with Crippen LogP contribution in [0.1, 0.15) is 15.9 Å². The van der Waals surface area contributed by atoms with Gasteiger partial charge in [-0.2, -0.15) is 13.2 Å². The van der Waals surface area contributed by atoms with Crippen LogP contribution in [0.2, 0.25) is 0 Å². The largest absolute Gasteiger partial charge is 0.393 e. The molecule has 0 aliphatic carbocycles. The second-order valence-corrected chi connectivity index (χ2v) is 5.51. The van der Waals surface area contributed by atoms with Gasteiger partial charge < -0.3 is 5.32 Å². The number of benzene rings is 1. The molecule has 1 atom stereocenters. The van der Waals surface area contributed by atoms with Crippen LogP contribution in [0.25, 0.3) is 0 Å². The van der Waals surface area contributed by atoms with Crippen molar-refractivity contribution >= 4 is 28.7 Å². The summed E-state index contributed by atoms with van der Waals surface area (Å²) in [5.74, 6) is -0.901. The summed E-state index contributed by atoms with van der Waals surface area (Å²) < 4.78 is 48.0. The highest BCUT2D eigenvalue weighted by atomic mass is 32.2. The smallest absolute Gasteiger partial charge is 0.328 e. The zero-order valence-electron chi connectivity index (χ0n) is 10.5. The maximum Gasteiger partial charge on any atom is 0.393 e. The SMILES string of the molecule is CS(=O)CC(=O)c1cc(CC(F)(F)F)ccc1NC=O. The van der Waals surface area contributed by atoms with Crippen molar-refractivity contribution in [1.29, 1.82) is 0 Å². The van der Waals surface area contributed by atoms with Crippen molar-refractivity contribution in [2.75, 3.05) is 17.3 Å². The minimum Gasteiger partial charge on any atom is -0.328 e. The maximum absolute atomic E-state index is 12.3. The van der Waals surface area contributed by atoms with E-state index < -0.39 is 29.2 Å². The van der Waals surface area contributed by atoms with Gasteiger partial charge in [0.05, 0.1) is 17.9 Å². The van der Waals surface area contributed by atoms with E-state index in [-0.39, 0.29) is 22.6 Å². The molecule has 0 aliphatic heterocycles. The standard InChI is InChI=1S/C12H12F3NO3S/c1-20(19)6-11(18)9-4-8(5-12(13,14)15)2-3-10(9)16-7-17/h2-4,7H,5-6H2,1H3,(H,16,17). The second-order valence-electron chi connectivity index (χ2n) is 4.07. The topological polar surface area (TPSA) is 63.2 Å². The normalized spacial score (nSPS) is 12.8. The van der Waals surface area contributed by atoms with Gasteiger partial charge in [-0.05, 0) is 17.7 Å². The summed E-state index contributed by atoms with van der Waals surface area (Å²) in [6, 6.07) is 3.47. The van der Waals surface area contributed by atoms with Crippen molar-refractivity contribution < 1.29 is 27.0 Å². The molecule has 1 unspecified atom stereocenters. The van der Waals surface area contributed by atoms with Gasteiger partial charge in [-0.15, -0.1) is 0 Å². The van der Waals surface area contributed by atoms with E-state index in [9.17, 15) is 27.0 Å². The molecule has 1 N–H and O–H groups in total. The van der Waals surface area contributed by atoms with Gasteiger partial charge in [-0.3, -0.25) is 13.8 Å². The van der Waals surface area contributed by atoms with E-state index in [0.717, 1.165) is 6.07 Å². The monoisotopic (exact) mass is 307 g/mol. The molecule has 0 spiro atoms. The summed E-state index contributed by atoms with van der Waals surface area (Å²) in [7, 11) is -1.42. The second kappa shape index (κ2) is 6.65. The highest BCUT2D eigenvalue weighted by Crippen LogP contribution is 2.25. The van der Waals surface area contributed by atoms with E-state index in [1.807, 2.05) is 0 Å². The summed E-state index contributed by atoms with van der Waals surface area (Å²) in [6.07, 6.45) is -3.94. The molecular formula is C12H12F3NO3S. The van der Waals surface area contributed by atoms with Crippen LogP contribution in [-0.2, 0) is 22.0 Å². The lowest BCUT2D eigenvalue weighted by Crippen LogP contribution is -2.15. The molecule has 0 heterocycles. The molecule has 1 amide bonds. The molecule has 0 saturated carbocycles. The molecule has 0 saturated heterocycles. The summed E-state index contributed by atoms with van der Waals surface area (Å²) in [4.78, 5) is 22.3. The zero-order valence-corrected chi connectivity index (χ0v) is 11.3. The Morgan fingerprint density at radius 2 is 2.05 bits per heavy atom. The summed E-state index contributed by atoms with van der Waals surface area (Å²) in [6.45, 7) is 0. The minimum atomic E-state index is -4.40. The van der Waals surface area contributed by atoms with Crippen LogP contribution in [0.15, 0.2) is 18.2 Å². The van der Waals surface area contributed by atoms with Gasteiger partial charge in [0.1, 0.15) is 0 Å². The number of nitrogens with one attached hydrogen (secondary N) is 1. The number of carbonyl (C=O) groups is 2. The molecule has 110 valence electrons. The number of anilines is 1. The number of amides is 1. The molecule has 1 rings (SSSR count). The quantitative estimate of drug-likeness (QED) is 0.645. The molecule has 20 heavy (non-hydrogen) atoms. The lowest BCUT2D eigenvalue weighted by molar-refractivity contribution is -0.127. The first-order valence-corrected chi connectivity index (χ1v) is 7.18. The molecule has 0 aromatic heterocycles. The molecule has 8 heteroatoms. The van der Waals surface area contributed by atoms with Gasteiger partial charge in [-0.25, -0.2) is 0 Å². The number of ketones is 1. The molecule has 0 fully saturated rings. The Bertz CT molecular complexity index is 543. The van der Waals surface area contributed by atoms with E-state index in [2.05, 4.69) is 5.32 Å². The van der Waals surface area contributed by atoms with Crippen molar-refractivity contribution in [3.05, 3.63) is 29.3 Å². The van der Waals surface area contributed by atoms with Crippen molar-refractivity contribution in [2.45, 2.75) is 12.6 Å². The first kappa shape index (κ1) is 16.4. The van der Waals surface area contributed by atoms with Crippen molar-refractivity contribution in [3.8, 4) is 0 Å². The Hall–Kier alpha value is -1.70.